The molecule has 0 bridgehead atoms. The first-order valence-electron chi connectivity index (χ1n) is 10.2. The van der Waals surface area contributed by atoms with E-state index in [1.54, 1.807) is 25.6 Å². The maximum Gasteiger partial charge on any atom is 0.338 e. The second-order valence-electron chi connectivity index (χ2n) is 7.42. The van der Waals surface area contributed by atoms with E-state index in [-0.39, 0.29) is 0 Å². The SMILES string of the molecule is C=C(C)C(=O)Oc1c2ccccc2c(OC(=O)C(=C)C)c2c(SCCCC)cccc12. The minimum absolute atomic E-state index is 0.309. The normalized spacial score (nSPS) is 10.8. The lowest BCUT2D eigenvalue weighted by Gasteiger charge is -2.18. The van der Waals surface area contributed by atoms with Crippen LogP contribution in [0.5, 0.6) is 11.5 Å². The van der Waals surface area contributed by atoms with Crippen LogP contribution in [-0.2, 0) is 9.59 Å². The second-order valence-corrected chi connectivity index (χ2v) is 8.56. The monoisotopic (exact) mass is 434 g/mol. The molecule has 0 unspecified atom stereocenters. The fraction of sp³-hybridized carbons (Fsp3) is 0.231. The van der Waals surface area contributed by atoms with Crippen LogP contribution in [-0.4, -0.2) is 17.7 Å². The zero-order valence-electron chi connectivity index (χ0n) is 18.1. The molecule has 0 amide bonds. The molecule has 0 spiro atoms. The lowest BCUT2D eigenvalue weighted by Crippen LogP contribution is -2.11. The summed E-state index contributed by atoms with van der Waals surface area (Å²) in [6.45, 7) is 12.8. The Kier molecular flexibility index (Phi) is 7.18. The van der Waals surface area contributed by atoms with Crippen LogP contribution in [0.15, 0.2) is 71.7 Å². The maximum atomic E-state index is 12.5. The van der Waals surface area contributed by atoms with Gasteiger partial charge in [0.05, 0.1) is 0 Å². The van der Waals surface area contributed by atoms with Crippen molar-refractivity contribution in [3.05, 3.63) is 66.8 Å². The van der Waals surface area contributed by atoms with Crippen molar-refractivity contribution in [1.82, 2.24) is 0 Å². The van der Waals surface area contributed by atoms with Crippen LogP contribution < -0.4 is 9.47 Å². The first-order valence-corrected chi connectivity index (χ1v) is 11.2. The Morgan fingerprint density at radius 3 is 1.97 bits per heavy atom. The maximum absolute atomic E-state index is 12.5. The number of thioether (sulfide) groups is 1. The Hall–Kier alpha value is -3.05. The molecule has 4 nitrogen and oxygen atoms in total. The summed E-state index contributed by atoms with van der Waals surface area (Å²) in [5.74, 6) is 0.825. The van der Waals surface area contributed by atoms with Crippen molar-refractivity contribution in [2.24, 2.45) is 0 Å². The predicted molar refractivity (Wildman–Crippen MR) is 128 cm³/mol. The van der Waals surface area contributed by atoms with Crippen molar-refractivity contribution in [1.29, 1.82) is 0 Å². The molecular weight excluding hydrogens is 408 g/mol. The van der Waals surface area contributed by atoms with Gasteiger partial charge in [-0.05, 0) is 32.1 Å². The van der Waals surface area contributed by atoms with E-state index in [9.17, 15) is 9.59 Å². The Bertz CT molecular complexity index is 1190. The molecule has 0 aliphatic rings. The number of ether oxygens (including phenoxy) is 2. The number of benzene rings is 3. The summed E-state index contributed by atoms with van der Waals surface area (Å²) in [6.07, 6.45) is 2.15. The number of rotatable bonds is 8. The summed E-state index contributed by atoms with van der Waals surface area (Å²) in [5, 5.41) is 2.84. The fourth-order valence-corrected chi connectivity index (χ4v) is 4.31. The highest BCUT2D eigenvalue weighted by Crippen LogP contribution is 2.46. The average molecular weight is 435 g/mol. The van der Waals surface area contributed by atoms with Gasteiger partial charge in [0.1, 0.15) is 11.5 Å². The van der Waals surface area contributed by atoms with Crippen LogP contribution >= 0.6 is 11.8 Å². The third-order valence-electron chi connectivity index (χ3n) is 4.76. The molecule has 0 aliphatic heterocycles. The van der Waals surface area contributed by atoms with Crippen LogP contribution in [0, 0.1) is 0 Å². The Morgan fingerprint density at radius 2 is 1.39 bits per heavy atom. The standard InChI is InChI=1S/C26H26O4S/c1-6-7-15-31-21-14-10-13-20-22(21)24(30-26(28)17(4)5)19-12-9-8-11-18(19)23(20)29-25(27)16(2)3/h8-14H,2,4,6-7,15H2,1,3,5H3. The van der Waals surface area contributed by atoms with E-state index in [1.165, 1.54) is 0 Å². The minimum atomic E-state index is -0.498. The highest BCUT2D eigenvalue weighted by molar-refractivity contribution is 7.99. The molecule has 3 aromatic carbocycles. The molecule has 160 valence electrons. The first-order chi connectivity index (χ1) is 14.8. The first kappa shape index (κ1) is 22.6. The molecule has 0 heterocycles. The summed E-state index contributed by atoms with van der Waals surface area (Å²) in [5.41, 5.74) is 0.620. The highest BCUT2D eigenvalue weighted by atomic mass is 32.2. The summed E-state index contributed by atoms with van der Waals surface area (Å²) in [6, 6.07) is 13.2. The number of esters is 2. The van der Waals surface area contributed by atoms with Gasteiger partial charge in [0.15, 0.2) is 0 Å². The largest absolute Gasteiger partial charge is 0.422 e. The van der Waals surface area contributed by atoms with E-state index in [0.717, 1.165) is 28.9 Å². The number of hydrogen-bond acceptors (Lipinski definition) is 5. The van der Waals surface area contributed by atoms with E-state index < -0.39 is 11.9 Å². The summed E-state index contributed by atoms with van der Waals surface area (Å²) >= 11 is 1.69. The van der Waals surface area contributed by atoms with E-state index in [2.05, 4.69) is 20.1 Å². The molecule has 0 saturated heterocycles. The van der Waals surface area contributed by atoms with Crippen molar-refractivity contribution >= 4 is 45.2 Å². The Morgan fingerprint density at radius 1 is 0.839 bits per heavy atom. The van der Waals surface area contributed by atoms with Crippen LogP contribution in [0.3, 0.4) is 0 Å². The molecule has 0 atom stereocenters. The van der Waals surface area contributed by atoms with Crippen molar-refractivity contribution < 1.29 is 19.1 Å². The van der Waals surface area contributed by atoms with Gasteiger partial charge in [-0.3, -0.25) is 0 Å². The number of hydrogen-bond donors (Lipinski definition) is 0. The lowest BCUT2D eigenvalue weighted by molar-refractivity contribution is -0.130. The van der Waals surface area contributed by atoms with Gasteiger partial charge in [-0.25, -0.2) is 9.59 Å². The molecule has 0 saturated carbocycles. The van der Waals surface area contributed by atoms with Gasteiger partial charge in [0.25, 0.3) is 0 Å². The molecule has 3 aromatic rings. The summed E-state index contributed by atoms with van der Waals surface area (Å²) in [7, 11) is 0. The molecular formula is C26H26O4S. The van der Waals surface area contributed by atoms with E-state index in [4.69, 9.17) is 9.47 Å². The molecule has 3 rings (SSSR count). The topological polar surface area (TPSA) is 52.6 Å². The van der Waals surface area contributed by atoms with Gasteiger partial charge in [-0.2, -0.15) is 0 Å². The van der Waals surface area contributed by atoms with Gasteiger partial charge in [-0.1, -0.05) is 62.9 Å². The van der Waals surface area contributed by atoms with Crippen molar-refractivity contribution in [2.45, 2.75) is 38.5 Å². The molecule has 31 heavy (non-hydrogen) atoms. The summed E-state index contributed by atoms with van der Waals surface area (Å²) < 4.78 is 11.6. The highest BCUT2D eigenvalue weighted by Gasteiger charge is 2.22. The minimum Gasteiger partial charge on any atom is -0.422 e. The predicted octanol–water partition coefficient (Wildman–Crippen LogP) is 6.85. The number of carbonyl (C=O) groups is 2. The van der Waals surface area contributed by atoms with E-state index >= 15 is 0 Å². The van der Waals surface area contributed by atoms with Crippen LogP contribution in [0.1, 0.15) is 33.6 Å². The molecule has 5 heteroatoms. The number of carbonyl (C=O) groups excluding carboxylic acids is 2. The second kappa shape index (κ2) is 9.84. The Balaban J connectivity index is 2.36. The van der Waals surface area contributed by atoms with Crippen LogP contribution in [0.2, 0.25) is 0 Å². The molecule has 0 aliphatic carbocycles. The van der Waals surface area contributed by atoms with Crippen molar-refractivity contribution in [2.75, 3.05) is 5.75 Å². The van der Waals surface area contributed by atoms with Gasteiger partial charge >= 0.3 is 11.9 Å². The quantitative estimate of drug-likeness (QED) is 0.0969. The van der Waals surface area contributed by atoms with E-state index in [1.807, 2.05) is 42.5 Å². The van der Waals surface area contributed by atoms with Crippen molar-refractivity contribution in [3.63, 3.8) is 0 Å². The van der Waals surface area contributed by atoms with E-state index in [0.29, 0.717) is 38.8 Å². The lowest BCUT2D eigenvalue weighted by atomic mass is 10.0. The molecule has 0 aromatic heterocycles. The third-order valence-corrected chi connectivity index (χ3v) is 5.90. The molecule has 0 fully saturated rings. The van der Waals surface area contributed by atoms with Gasteiger partial charge in [0.2, 0.25) is 0 Å². The molecule has 0 radical (unpaired) electrons. The molecule has 0 N–H and O–H groups in total. The zero-order valence-corrected chi connectivity index (χ0v) is 18.9. The fourth-order valence-electron chi connectivity index (χ4n) is 3.14. The number of unbranched alkanes of at least 4 members (excludes halogenated alkanes) is 1. The van der Waals surface area contributed by atoms with Crippen LogP contribution in [0.4, 0.5) is 0 Å². The summed E-state index contributed by atoms with van der Waals surface area (Å²) in [4.78, 5) is 25.9. The van der Waals surface area contributed by atoms with Gasteiger partial charge < -0.3 is 9.47 Å². The smallest absolute Gasteiger partial charge is 0.338 e. The zero-order chi connectivity index (χ0) is 22.5. The average Bonchev–Trinajstić information content (AvgIpc) is 2.75. The van der Waals surface area contributed by atoms with Gasteiger partial charge in [-0.15, -0.1) is 11.8 Å². The number of fused-ring (bicyclic) bond motifs is 2. The Labute approximate surface area is 186 Å². The third kappa shape index (κ3) is 4.83. The van der Waals surface area contributed by atoms with Gasteiger partial charge in [0, 0.05) is 37.6 Å². The van der Waals surface area contributed by atoms with Crippen molar-refractivity contribution in [3.8, 4) is 11.5 Å². The van der Waals surface area contributed by atoms with Crippen LogP contribution in [0.25, 0.3) is 21.5 Å².